The number of likely N-dealkylation sites (N-methyl/N-ethyl adjacent to an activating group) is 1. The van der Waals surface area contributed by atoms with Crippen LogP contribution in [0.4, 0.5) is 5.69 Å². The molecule has 0 aromatic heterocycles. The van der Waals surface area contributed by atoms with Crippen LogP contribution < -0.4 is 19.1 Å². The van der Waals surface area contributed by atoms with Gasteiger partial charge >= 0.3 is 0 Å². The molecule has 31 heavy (non-hydrogen) atoms. The number of methoxy groups -OCH3 is 2. The number of piperazine rings is 1. The molecular weight excluding hydrogens is 394 g/mol. The number of amides is 1. The molecule has 2 aromatic rings. The molecule has 7 nitrogen and oxygen atoms in total. The van der Waals surface area contributed by atoms with Gasteiger partial charge in [0.2, 0.25) is 5.91 Å². The SMILES string of the molecule is CCOc1ccc(CN(C)CC(=O)N2CCN(c3ccc(OC)cc3)CC2)cc1OC. The molecule has 0 aliphatic carbocycles. The van der Waals surface area contributed by atoms with Crippen LogP contribution in [0.25, 0.3) is 0 Å². The monoisotopic (exact) mass is 427 g/mol. The van der Waals surface area contributed by atoms with Gasteiger partial charge in [-0.05, 0) is 55.9 Å². The second-order valence-electron chi connectivity index (χ2n) is 7.66. The van der Waals surface area contributed by atoms with Gasteiger partial charge in [-0.3, -0.25) is 9.69 Å². The normalized spacial score (nSPS) is 14.0. The van der Waals surface area contributed by atoms with Crippen molar-refractivity contribution in [1.82, 2.24) is 9.80 Å². The molecule has 0 bridgehead atoms. The van der Waals surface area contributed by atoms with Crippen molar-refractivity contribution in [2.24, 2.45) is 0 Å². The molecule has 168 valence electrons. The van der Waals surface area contributed by atoms with Gasteiger partial charge in [0, 0.05) is 38.4 Å². The zero-order valence-corrected chi connectivity index (χ0v) is 19.0. The first-order valence-corrected chi connectivity index (χ1v) is 10.7. The third-order valence-corrected chi connectivity index (χ3v) is 5.46. The number of carbonyl (C=O) groups excluding carboxylic acids is 1. The van der Waals surface area contributed by atoms with Gasteiger partial charge in [0.1, 0.15) is 5.75 Å². The third-order valence-electron chi connectivity index (χ3n) is 5.46. The van der Waals surface area contributed by atoms with Crippen LogP contribution in [0, 0.1) is 0 Å². The van der Waals surface area contributed by atoms with Crippen LogP contribution in [0.15, 0.2) is 42.5 Å². The molecular formula is C24H33N3O4. The van der Waals surface area contributed by atoms with Crippen molar-refractivity contribution in [2.45, 2.75) is 13.5 Å². The average Bonchev–Trinajstić information content (AvgIpc) is 2.80. The van der Waals surface area contributed by atoms with Crippen molar-refractivity contribution in [2.75, 3.05) is 65.5 Å². The number of benzene rings is 2. The fraction of sp³-hybridized carbons (Fsp3) is 0.458. The first-order valence-electron chi connectivity index (χ1n) is 10.7. The van der Waals surface area contributed by atoms with Crippen LogP contribution in [0.3, 0.4) is 0 Å². The van der Waals surface area contributed by atoms with E-state index in [2.05, 4.69) is 17.0 Å². The average molecular weight is 428 g/mol. The van der Waals surface area contributed by atoms with Gasteiger partial charge in [0.05, 0.1) is 27.4 Å². The van der Waals surface area contributed by atoms with Crippen LogP contribution in [0.5, 0.6) is 17.2 Å². The summed E-state index contributed by atoms with van der Waals surface area (Å²) in [4.78, 5) is 19.1. The molecule has 3 rings (SSSR count). The van der Waals surface area contributed by atoms with E-state index in [1.165, 1.54) is 0 Å². The molecule has 0 unspecified atom stereocenters. The summed E-state index contributed by atoms with van der Waals surface area (Å²) >= 11 is 0. The summed E-state index contributed by atoms with van der Waals surface area (Å²) in [6.07, 6.45) is 0. The number of hydrogen-bond donors (Lipinski definition) is 0. The first-order chi connectivity index (χ1) is 15.0. The Hall–Kier alpha value is -2.93. The minimum absolute atomic E-state index is 0.162. The topological polar surface area (TPSA) is 54.5 Å². The molecule has 0 N–H and O–H groups in total. The smallest absolute Gasteiger partial charge is 0.236 e. The highest BCUT2D eigenvalue weighted by Crippen LogP contribution is 2.28. The predicted molar refractivity (Wildman–Crippen MR) is 122 cm³/mol. The minimum Gasteiger partial charge on any atom is -0.497 e. The second-order valence-corrected chi connectivity index (χ2v) is 7.66. The lowest BCUT2D eigenvalue weighted by molar-refractivity contribution is -0.132. The maximum atomic E-state index is 12.8. The predicted octanol–water partition coefficient (Wildman–Crippen LogP) is 2.88. The van der Waals surface area contributed by atoms with Crippen LogP contribution in [0.1, 0.15) is 12.5 Å². The molecule has 1 fully saturated rings. The van der Waals surface area contributed by atoms with E-state index in [4.69, 9.17) is 14.2 Å². The Kier molecular flexibility index (Phi) is 8.00. The quantitative estimate of drug-likeness (QED) is 0.613. The first kappa shape index (κ1) is 22.7. The van der Waals surface area contributed by atoms with Gasteiger partial charge in [-0.2, -0.15) is 0 Å². The Bertz CT molecular complexity index is 848. The molecule has 1 aliphatic heterocycles. The van der Waals surface area contributed by atoms with Crippen molar-refractivity contribution >= 4 is 11.6 Å². The number of anilines is 1. The molecule has 7 heteroatoms. The number of hydrogen-bond acceptors (Lipinski definition) is 6. The number of carbonyl (C=O) groups is 1. The van der Waals surface area contributed by atoms with E-state index < -0.39 is 0 Å². The van der Waals surface area contributed by atoms with E-state index in [1.54, 1.807) is 14.2 Å². The van der Waals surface area contributed by atoms with E-state index >= 15 is 0 Å². The second kappa shape index (κ2) is 10.9. The summed E-state index contributed by atoms with van der Waals surface area (Å²) < 4.78 is 16.2. The number of nitrogens with zero attached hydrogens (tertiary/aromatic N) is 3. The lowest BCUT2D eigenvalue weighted by atomic mass is 10.2. The van der Waals surface area contributed by atoms with Crippen molar-refractivity contribution in [3.05, 3.63) is 48.0 Å². The Labute approximate surface area is 185 Å². The Morgan fingerprint density at radius 3 is 2.29 bits per heavy atom. The highest BCUT2D eigenvalue weighted by molar-refractivity contribution is 5.78. The standard InChI is InChI=1S/C24H33N3O4/c1-5-31-22-11-6-19(16-23(22)30-4)17-25(2)18-24(28)27-14-12-26(13-15-27)20-7-9-21(29-3)10-8-20/h6-11,16H,5,12-15,17-18H2,1-4H3. The molecule has 2 aromatic carbocycles. The largest absolute Gasteiger partial charge is 0.497 e. The van der Waals surface area contributed by atoms with Crippen LogP contribution in [-0.2, 0) is 11.3 Å². The highest BCUT2D eigenvalue weighted by atomic mass is 16.5. The van der Waals surface area contributed by atoms with Gasteiger partial charge in [0.15, 0.2) is 11.5 Å². The molecule has 1 amide bonds. The van der Waals surface area contributed by atoms with Crippen molar-refractivity contribution in [1.29, 1.82) is 0 Å². The van der Waals surface area contributed by atoms with Crippen LogP contribution in [-0.4, -0.2) is 76.3 Å². The van der Waals surface area contributed by atoms with Gasteiger partial charge < -0.3 is 24.0 Å². The molecule has 0 spiro atoms. The summed E-state index contributed by atoms with van der Waals surface area (Å²) in [5.41, 5.74) is 2.24. The van der Waals surface area contributed by atoms with Gasteiger partial charge in [-0.1, -0.05) is 6.07 Å². The number of ether oxygens (including phenoxy) is 3. The molecule has 1 saturated heterocycles. The maximum absolute atomic E-state index is 12.8. The van der Waals surface area contributed by atoms with Crippen LogP contribution in [0.2, 0.25) is 0 Å². The Morgan fingerprint density at radius 1 is 0.968 bits per heavy atom. The number of rotatable bonds is 9. The Balaban J connectivity index is 1.49. The van der Waals surface area contributed by atoms with Gasteiger partial charge in [0.25, 0.3) is 0 Å². The zero-order chi connectivity index (χ0) is 22.2. The van der Waals surface area contributed by atoms with E-state index in [1.807, 2.05) is 54.1 Å². The molecule has 0 saturated carbocycles. The van der Waals surface area contributed by atoms with Crippen molar-refractivity contribution in [3.63, 3.8) is 0 Å². The van der Waals surface area contributed by atoms with E-state index in [0.717, 1.165) is 48.9 Å². The molecule has 1 aliphatic rings. The lowest BCUT2D eigenvalue weighted by Crippen LogP contribution is -2.51. The summed E-state index contributed by atoms with van der Waals surface area (Å²) in [6, 6.07) is 14.0. The summed E-state index contributed by atoms with van der Waals surface area (Å²) in [7, 11) is 5.28. The van der Waals surface area contributed by atoms with Crippen LogP contribution >= 0.6 is 0 Å². The maximum Gasteiger partial charge on any atom is 0.236 e. The fourth-order valence-corrected chi connectivity index (χ4v) is 3.79. The molecule has 0 radical (unpaired) electrons. The van der Waals surface area contributed by atoms with Gasteiger partial charge in [-0.15, -0.1) is 0 Å². The fourth-order valence-electron chi connectivity index (χ4n) is 3.79. The highest BCUT2D eigenvalue weighted by Gasteiger charge is 2.22. The lowest BCUT2D eigenvalue weighted by Gasteiger charge is -2.36. The van der Waals surface area contributed by atoms with E-state index in [-0.39, 0.29) is 5.91 Å². The zero-order valence-electron chi connectivity index (χ0n) is 19.0. The van der Waals surface area contributed by atoms with E-state index in [9.17, 15) is 4.79 Å². The molecule has 0 atom stereocenters. The van der Waals surface area contributed by atoms with Crippen molar-refractivity contribution < 1.29 is 19.0 Å². The third kappa shape index (κ3) is 6.04. The van der Waals surface area contributed by atoms with E-state index in [0.29, 0.717) is 25.4 Å². The molecule has 1 heterocycles. The summed E-state index contributed by atoms with van der Waals surface area (Å²) in [5, 5.41) is 0. The summed E-state index contributed by atoms with van der Waals surface area (Å²) in [6.45, 7) is 6.72. The summed E-state index contributed by atoms with van der Waals surface area (Å²) in [5.74, 6) is 2.47. The van der Waals surface area contributed by atoms with Crippen molar-refractivity contribution in [3.8, 4) is 17.2 Å². The van der Waals surface area contributed by atoms with Gasteiger partial charge in [-0.25, -0.2) is 0 Å². The minimum atomic E-state index is 0.162. The Morgan fingerprint density at radius 2 is 1.68 bits per heavy atom.